The summed E-state index contributed by atoms with van der Waals surface area (Å²) in [6.07, 6.45) is 0. The van der Waals surface area contributed by atoms with Gasteiger partial charge in [-0.05, 0) is 50.6 Å². The topological polar surface area (TPSA) is 70.8 Å². The molecule has 3 rings (SSSR count). The van der Waals surface area contributed by atoms with E-state index in [1.165, 1.54) is 0 Å². The molecule has 0 atom stereocenters. The minimum atomic E-state index is -0.456. The van der Waals surface area contributed by atoms with Crippen molar-refractivity contribution in [2.75, 3.05) is 13.2 Å². The second-order valence-corrected chi connectivity index (χ2v) is 6.39. The van der Waals surface area contributed by atoms with Crippen LogP contribution in [0.1, 0.15) is 32.9 Å². The van der Waals surface area contributed by atoms with Crippen LogP contribution in [0, 0.1) is 20.8 Å². The normalized spacial score (nSPS) is 10.5. The van der Waals surface area contributed by atoms with E-state index in [-0.39, 0.29) is 19.8 Å². The number of esters is 1. The van der Waals surface area contributed by atoms with E-state index in [4.69, 9.17) is 18.7 Å². The summed E-state index contributed by atoms with van der Waals surface area (Å²) in [7, 11) is 0. The van der Waals surface area contributed by atoms with Gasteiger partial charge in [0.15, 0.2) is 0 Å². The quantitative estimate of drug-likeness (QED) is 0.425. The van der Waals surface area contributed by atoms with Gasteiger partial charge in [-0.1, -0.05) is 29.4 Å². The van der Waals surface area contributed by atoms with Gasteiger partial charge in [0.1, 0.15) is 42.6 Å². The molecule has 1 heterocycles. The fraction of sp³-hybridized carbons (Fsp3) is 0.273. The van der Waals surface area contributed by atoms with Crippen molar-refractivity contribution in [2.45, 2.75) is 27.4 Å². The molecule has 0 aliphatic carbocycles. The molecule has 2 aromatic carbocycles. The van der Waals surface area contributed by atoms with E-state index in [0.717, 1.165) is 22.6 Å². The third kappa shape index (κ3) is 4.91. The lowest BCUT2D eigenvalue weighted by atomic mass is 10.2. The van der Waals surface area contributed by atoms with E-state index in [1.807, 2.05) is 45.0 Å². The summed E-state index contributed by atoms with van der Waals surface area (Å²) in [5.74, 6) is 1.44. The third-order valence-corrected chi connectivity index (χ3v) is 4.23. The van der Waals surface area contributed by atoms with Gasteiger partial charge in [-0.15, -0.1) is 0 Å². The number of rotatable bonds is 8. The smallest absolute Gasteiger partial charge is 0.342 e. The average Bonchev–Trinajstić information content (AvgIpc) is 3.01. The summed E-state index contributed by atoms with van der Waals surface area (Å²) in [5, 5.41) is 3.91. The number of para-hydroxylation sites is 1. The monoisotopic (exact) mass is 381 g/mol. The molecule has 0 aliphatic heterocycles. The highest BCUT2D eigenvalue weighted by Crippen LogP contribution is 2.22. The van der Waals surface area contributed by atoms with Crippen LogP contribution in [0.3, 0.4) is 0 Å². The number of nitrogens with zero attached hydrogens (tertiary/aromatic N) is 1. The van der Waals surface area contributed by atoms with Crippen LogP contribution in [-0.4, -0.2) is 24.3 Å². The number of aromatic nitrogens is 1. The Morgan fingerprint density at radius 3 is 2.57 bits per heavy atom. The Morgan fingerprint density at radius 1 is 1.00 bits per heavy atom. The molecular formula is C22H23NO5. The molecule has 0 bridgehead atoms. The Balaban J connectivity index is 1.55. The predicted octanol–water partition coefficient (Wildman–Crippen LogP) is 4.41. The number of carbonyl (C=O) groups excluding carboxylic acids is 1. The first-order chi connectivity index (χ1) is 13.5. The van der Waals surface area contributed by atoms with Crippen molar-refractivity contribution >= 4 is 5.97 Å². The molecule has 0 saturated heterocycles. The molecule has 28 heavy (non-hydrogen) atoms. The lowest BCUT2D eigenvalue weighted by molar-refractivity contribution is 0.0445. The minimum Gasteiger partial charge on any atom is -0.490 e. The maximum Gasteiger partial charge on any atom is 0.342 e. The van der Waals surface area contributed by atoms with Gasteiger partial charge in [0, 0.05) is 0 Å². The maximum absolute atomic E-state index is 12.4. The Bertz CT molecular complexity index is 928. The number of benzene rings is 2. The van der Waals surface area contributed by atoms with Crippen molar-refractivity contribution in [3.05, 3.63) is 76.7 Å². The molecule has 0 aliphatic rings. The molecule has 6 nitrogen and oxygen atoms in total. The van der Waals surface area contributed by atoms with E-state index in [1.54, 1.807) is 24.3 Å². The number of hydrogen-bond acceptors (Lipinski definition) is 6. The van der Waals surface area contributed by atoms with Gasteiger partial charge in [0.05, 0.1) is 11.3 Å². The summed E-state index contributed by atoms with van der Waals surface area (Å²) in [4.78, 5) is 12.4. The van der Waals surface area contributed by atoms with Crippen molar-refractivity contribution in [3.63, 3.8) is 0 Å². The van der Waals surface area contributed by atoms with Crippen LogP contribution in [-0.2, 0) is 11.3 Å². The first-order valence-electron chi connectivity index (χ1n) is 9.05. The fourth-order valence-electron chi connectivity index (χ4n) is 2.70. The second-order valence-electron chi connectivity index (χ2n) is 6.39. The highest BCUT2D eigenvalue weighted by atomic mass is 16.6. The van der Waals surface area contributed by atoms with Gasteiger partial charge < -0.3 is 18.7 Å². The standard InChI is InChI=1S/C22H23NO5/c1-15-7-6-8-18(13-15)25-11-12-26-22(24)19-9-4-5-10-21(19)27-14-20-16(2)23-28-17(20)3/h4-10,13H,11-12,14H2,1-3H3. The third-order valence-electron chi connectivity index (χ3n) is 4.23. The summed E-state index contributed by atoms with van der Waals surface area (Å²) in [5.41, 5.74) is 3.12. The van der Waals surface area contributed by atoms with Crippen LogP contribution < -0.4 is 9.47 Å². The van der Waals surface area contributed by atoms with Gasteiger partial charge in [0.25, 0.3) is 0 Å². The first-order valence-corrected chi connectivity index (χ1v) is 9.05. The Hall–Kier alpha value is -3.28. The lowest BCUT2D eigenvalue weighted by Gasteiger charge is -2.12. The number of carbonyl (C=O) groups is 1. The zero-order valence-corrected chi connectivity index (χ0v) is 16.2. The maximum atomic E-state index is 12.4. The molecule has 6 heteroatoms. The molecule has 0 N–H and O–H groups in total. The second kappa shape index (κ2) is 9.08. The minimum absolute atomic E-state index is 0.144. The molecule has 0 spiro atoms. The largest absolute Gasteiger partial charge is 0.490 e. The molecular weight excluding hydrogens is 358 g/mol. The molecule has 1 aromatic heterocycles. The van der Waals surface area contributed by atoms with Gasteiger partial charge in [0.2, 0.25) is 0 Å². The van der Waals surface area contributed by atoms with E-state index in [0.29, 0.717) is 17.1 Å². The molecule has 0 amide bonds. The van der Waals surface area contributed by atoms with Gasteiger partial charge >= 0.3 is 5.97 Å². The molecule has 0 saturated carbocycles. The molecule has 0 unspecified atom stereocenters. The van der Waals surface area contributed by atoms with E-state index in [9.17, 15) is 4.79 Å². The van der Waals surface area contributed by atoms with Crippen LogP contribution >= 0.6 is 0 Å². The van der Waals surface area contributed by atoms with Crippen LogP contribution in [0.15, 0.2) is 53.1 Å². The van der Waals surface area contributed by atoms with Crippen LogP contribution in [0.2, 0.25) is 0 Å². The highest BCUT2D eigenvalue weighted by molar-refractivity contribution is 5.92. The Labute approximate surface area is 164 Å². The Kier molecular flexibility index (Phi) is 6.32. The molecule has 0 radical (unpaired) electrons. The van der Waals surface area contributed by atoms with Crippen molar-refractivity contribution in [1.82, 2.24) is 5.16 Å². The number of ether oxygens (including phenoxy) is 3. The average molecular weight is 381 g/mol. The van der Waals surface area contributed by atoms with Crippen molar-refractivity contribution in [1.29, 1.82) is 0 Å². The van der Waals surface area contributed by atoms with E-state index < -0.39 is 5.97 Å². The molecule has 3 aromatic rings. The van der Waals surface area contributed by atoms with Crippen LogP contribution in [0.25, 0.3) is 0 Å². The van der Waals surface area contributed by atoms with E-state index >= 15 is 0 Å². The predicted molar refractivity (Wildman–Crippen MR) is 104 cm³/mol. The SMILES string of the molecule is Cc1cccc(OCCOC(=O)c2ccccc2OCc2c(C)noc2C)c1. The lowest BCUT2D eigenvalue weighted by Crippen LogP contribution is -2.13. The number of hydrogen-bond donors (Lipinski definition) is 0. The number of aryl methyl sites for hydroxylation is 3. The summed E-state index contributed by atoms with van der Waals surface area (Å²) < 4.78 is 21.9. The highest BCUT2D eigenvalue weighted by Gasteiger charge is 2.16. The zero-order chi connectivity index (χ0) is 19.9. The van der Waals surface area contributed by atoms with E-state index in [2.05, 4.69) is 5.16 Å². The van der Waals surface area contributed by atoms with Gasteiger partial charge in [-0.2, -0.15) is 0 Å². The van der Waals surface area contributed by atoms with Crippen molar-refractivity contribution < 1.29 is 23.5 Å². The summed E-state index contributed by atoms with van der Waals surface area (Å²) in [6.45, 7) is 6.35. The fourth-order valence-corrected chi connectivity index (χ4v) is 2.70. The summed E-state index contributed by atoms with van der Waals surface area (Å²) >= 11 is 0. The zero-order valence-electron chi connectivity index (χ0n) is 16.2. The van der Waals surface area contributed by atoms with Crippen molar-refractivity contribution in [2.24, 2.45) is 0 Å². The van der Waals surface area contributed by atoms with Crippen molar-refractivity contribution in [3.8, 4) is 11.5 Å². The van der Waals surface area contributed by atoms with Gasteiger partial charge in [-0.3, -0.25) is 0 Å². The van der Waals surface area contributed by atoms with Gasteiger partial charge in [-0.25, -0.2) is 4.79 Å². The first kappa shape index (κ1) is 19.5. The van der Waals surface area contributed by atoms with Crippen LogP contribution in [0.4, 0.5) is 0 Å². The molecule has 146 valence electrons. The van der Waals surface area contributed by atoms with Crippen LogP contribution in [0.5, 0.6) is 11.5 Å². The molecule has 0 fully saturated rings. The Morgan fingerprint density at radius 2 is 1.82 bits per heavy atom. The summed E-state index contributed by atoms with van der Waals surface area (Å²) in [6, 6.07) is 14.7.